The van der Waals surface area contributed by atoms with E-state index in [0.717, 1.165) is 18.4 Å². The Labute approximate surface area is 137 Å². The summed E-state index contributed by atoms with van der Waals surface area (Å²) in [6, 6.07) is 5.59. The zero-order chi connectivity index (χ0) is 17.2. The van der Waals surface area contributed by atoms with Crippen molar-refractivity contribution in [3.63, 3.8) is 0 Å². The number of piperidine rings is 1. The van der Waals surface area contributed by atoms with Crippen molar-refractivity contribution < 1.29 is 13.3 Å². The highest BCUT2D eigenvalue weighted by molar-refractivity contribution is 7.88. The SMILES string of the molecule is Cc1ccc(CN(C)C2CCN(S(C)(=O)=O)CC2)cc1[N+](=O)[O-]. The first-order valence-corrected chi connectivity index (χ1v) is 9.42. The quantitative estimate of drug-likeness (QED) is 0.602. The van der Waals surface area contributed by atoms with Gasteiger partial charge in [-0.15, -0.1) is 0 Å². The second-order valence-electron chi connectivity index (χ2n) is 6.19. The van der Waals surface area contributed by atoms with E-state index < -0.39 is 10.0 Å². The van der Waals surface area contributed by atoms with Crippen molar-refractivity contribution >= 4 is 15.7 Å². The van der Waals surface area contributed by atoms with Crippen LogP contribution >= 0.6 is 0 Å². The summed E-state index contributed by atoms with van der Waals surface area (Å²) in [6.07, 6.45) is 2.79. The van der Waals surface area contributed by atoms with Gasteiger partial charge in [0.05, 0.1) is 11.2 Å². The predicted octanol–water partition coefficient (Wildman–Crippen LogP) is 1.76. The lowest BCUT2D eigenvalue weighted by Crippen LogP contribution is -2.44. The number of benzene rings is 1. The maximum atomic E-state index is 11.5. The third-order valence-electron chi connectivity index (χ3n) is 4.42. The fourth-order valence-corrected chi connectivity index (χ4v) is 3.86. The molecule has 0 radical (unpaired) electrons. The number of nitro benzene ring substituents is 1. The number of nitrogens with zero attached hydrogens (tertiary/aromatic N) is 3. The summed E-state index contributed by atoms with van der Waals surface area (Å²) in [5, 5.41) is 11.0. The van der Waals surface area contributed by atoms with Crippen LogP contribution in [-0.2, 0) is 16.6 Å². The molecule has 0 aliphatic carbocycles. The van der Waals surface area contributed by atoms with E-state index >= 15 is 0 Å². The van der Waals surface area contributed by atoms with Crippen LogP contribution in [-0.4, -0.2) is 55.0 Å². The molecule has 1 aliphatic heterocycles. The van der Waals surface area contributed by atoms with Crippen LogP contribution in [0.5, 0.6) is 0 Å². The maximum absolute atomic E-state index is 11.5. The van der Waals surface area contributed by atoms with E-state index in [0.29, 0.717) is 25.2 Å². The smallest absolute Gasteiger partial charge is 0.272 e. The number of rotatable bonds is 5. The van der Waals surface area contributed by atoms with Crippen LogP contribution in [0.2, 0.25) is 0 Å². The molecule has 128 valence electrons. The Kier molecular flexibility index (Phi) is 5.38. The van der Waals surface area contributed by atoms with Crippen LogP contribution in [0.3, 0.4) is 0 Å². The Morgan fingerprint density at radius 2 is 1.96 bits per heavy atom. The summed E-state index contributed by atoms with van der Waals surface area (Å²) in [5.74, 6) is 0. The van der Waals surface area contributed by atoms with Gasteiger partial charge in [-0.1, -0.05) is 12.1 Å². The van der Waals surface area contributed by atoms with Crippen LogP contribution in [0.1, 0.15) is 24.0 Å². The molecule has 0 aromatic heterocycles. The van der Waals surface area contributed by atoms with Gasteiger partial charge in [-0.25, -0.2) is 12.7 Å². The van der Waals surface area contributed by atoms with Crippen molar-refractivity contribution in [3.05, 3.63) is 39.4 Å². The lowest BCUT2D eigenvalue weighted by Gasteiger charge is -2.35. The molecule has 0 amide bonds. The van der Waals surface area contributed by atoms with Gasteiger partial charge in [0.2, 0.25) is 10.0 Å². The summed E-state index contributed by atoms with van der Waals surface area (Å²) >= 11 is 0. The van der Waals surface area contributed by atoms with Gasteiger partial charge in [-0.05, 0) is 32.4 Å². The fraction of sp³-hybridized carbons (Fsp3) is 0.600. The van der Waals surface area contributed by atoms with Crippen molar-refractivity contribution in [2.45, 2.75) is 32.4 Å². The van der Waals surface area contributed by atoms with Crippen LogP contribution < -0.4 is 0 Å². The summed E-state index contributed by atoms with van der Waals surface area (Å²) < 4.78 is 24.6. The predicted molar refractivity (Wildman–Crippen MR) is 88.7 cm³/mol. The average Bonchev–Trinajstić information content (AvgIpc) is 2.48. The average molecular weight is 341 g/mol. The molecule has 1 heterocycles. The van der Waals surface area contributed by atoms with Gasteiger partial charge in [0.1, 0.15) is 0 Å². The summed E-state index contributed by atoms with van der Waals surface area (Å²) in [4.78, 5) is 12.8. The van der Waals surface area contributed by atoms with Gasteiger partial charge in [0.25, 0.3) is 5.69 Å². The minimum atomic E-state index is -3.11. The molecular formula is C15H23N3O4S. The van der Waals surface area contributed by atoms with Crippen molar-refractivity contribution in [2.75, 3.05) is 26.4 Å². The molecule has 0 bridgehead atoms. The molecule has 1 aliphatic rings. The Morgan fingerprint density at radius 3 is 2.48 bits per heavy atom. The topological polar surface area (TPSA) is 83.8 Å². The highest BCUT2D eigenvalue weighted by Crippen LogP contribution is 2.23. The second kappa shape index (κ2) is 6.94. The van der Waals surface area contributed by atoms with Gasteiger partial charge in [0.15, 0.2) is 0 Å². The maximum Gasteiger partial charge on any atom is 0.272 e. The van der Waals surface area contributed by atoms with Crippen molar-refractivity contribution in [2.24, 2.45) is 0 Å². The van der Waals surface area contributed by atoms with Crippen LogP contribution in [0.15, 0.2) is 18.2 Å². The lowest BCUT2D eigenvalue weighted by molar-refractivity contribution is -0.385. The third kappa shape index (κ3) is 4.49. The minimum Gasteiger partial charge on any atom is -0.299 e. The normalized spacial score (nSPS) is 17.6. The fourth-order valence-electron chi connectivity index (χ4n) is 2.98. The van der Waals surface area contributed by atoms with E-state index in [-0.39, 0.29) is 16.7 Å². The Hall–Kier alpha value is -1.51. The van der Waals surface area contributed by atoms with Gasteiger partial charge < -0.3 is 0 Å². The van der Waals surface area contributed by atoms with Crippen molar-refractivity contribution in [1.29, 1.82) is 0 Å². The van der Waals surface area contributed by atoms with E-state index in [2.05, 4.69) is 4.90 Å². The number of sulfonamides is 1. The second-order valence-corrected chi connectivity index (χ2v) is 8.17. The van der Waals surface area contributed by atoms with E-state index in [1.54, 1.807) is 19.1 Å². The molecule has 1 fully saturated rings. The Morgan fingerprint density at radius 1 is 1.35 bits per heavy atom. The highest BCUT2D eigenvalue weighted by Gasteiger charge is 2.27. The Balaban J connectivity index is 1.99. The van der Waals surface area contributed by atoms with E-state index in [4.69, 9.17) is 0 Å². The standard InChI is InChI=1S/C15H23N3O4S/c1-12-4-5-13(10-15(12)18(19)20)11-16(2)14-6-8-17(9-7-14)23(3,21)22/h4-5,10,14H,6-9,11H2,1-3H3. The van der Waals surface area contributed by atoms with Crippen LogP contribution in [0.25, 0.3) is 0 Å². The Bertz CT molecular complexity index is 682. The number of hydrogen-bond acceptors (Lipinski definition) is 5. The number of hydrogen-bond donors (Lipinski definition) is 0. The highest BCUT2D eigenvalue weighted by atomic mass is 32.2. The van der Waals surface area contributed by atoms with E-state index in [9.17, 15) is 18.5 Å². The van der Waals surface area contributed by atoms with Crippen molar-refractivity contribution in [1.82, 2.24) is 9.21 Å². The molecule has 7 nitrogen and oxygen atoms in total. The first kappa shape index (κ1) is 17.8. The van der Waals surface area contributed by atoms with Crippen LogP contribution in [0.4, 0.5) is 5.69 Å². The third-order valence-corrected chi connectivity index (χ3v) is 5.72. The molecule has 0 N–H and O–H groups in total. The van der Waals surface area contributed by atoms with Crippen molar-refractivity contribution in [3.8, 4) is 0 Å². The number of nitro groups is 1. The molecule has 0 atom stereocenters. The zero-order valence-electron chi connectivity index (χ0n) is 13.7. The summed E-state index contributed by atoms with van der Waals surface area (Å²) in [5.41, 5.74) is 1.70. The molecule has 8 heteroatoms. The van der Waals surface area contributed by atoms with E-state index in [1.807, 2.05) is 13.1 Å². The van der Waals surface area contributed by atoms with Gasteiger partial charge in [0, 0.05) is 37.3 Å². The molecule has 2 rings (SSSR count). The first-order chi connectivity index (χ1) is 10.7. The first-order valence-electron chi connectivity index (χ1n) is 7.58. The molecule has 0 spiro atoms. The monoisotopic (exact) mass is 341 g/mol. The molecule has 0 saturated carbocycles. The zero-order valence-corrected chi connectivity index (χ0v) is 14.5. The molecular weight excluding hydrogens is 318 g/mol. The summed E-state index contributed by atoms with van der Waals surface area (Å²) in [6.45, 7) is 3.40. The number of aryl methyl sites for hydroxylation is 1. The summed E-state index contributed by atoms with van der Waals surface area (Å²) in [7, 11) is -1.14. The van der Waals surface area contributed by atoms with Gasteiger partial charge in [-0.3, -0.25) is 15.0 Å². The van der Waals surface area contributed by atoms with E-state index in [1.165, 1.54) is 10.6 Å². The largest absolute Gasteiger partial charge is 0.299 e. The van der Waals surface area contributed by atoms with Crippen LogP contribution in [0, 0.1) is 17.0 Å². The molecule has 23 heavy (non-hydrogen) atoms. The minimum absolute atomic E-state index is 0.141. The van der Waals surface area contributed by atoms with Gasteiger partial charge in [-0.2, -0.15) is 0 Å². The molecule has 1 saturated heterocycles. The molecule has 1 aromatic carbocycles. The molecule has 1 aromatic rings. The molecule has 0 unspecified atom stereocenters. The van der Waals surface area contributed by atoms with Gasteiger partial charge >= 0.3 is 0 Å². The lowest BCUT2D eigenvalue weighted by atomic mass is 10.0.